The van der Waals surface area contributed by atoms with Gasteiger partial charge >= 0.3 is 5.97 Å². The van der Waals surface area contributed by atoms with Crippen molar-refractivity contribution in [2.24, 2.45) is 0 Å². The lowest BCUT2D eigenvalue weighted by Crippen LogP contribution is -2.13. The molecule has 0 spiro atoms. The van der Waals surface area contributed by atoms with Crippen molar-refractivity contribution in [3.63, 3.8) is 0 Å². The fourth-order valence-corrected chi connectivity index (χ4v) is 1.30. The topological polar surface area (TPSA) is 26.3 Å². The van der Waals surface area contributed by atoms with Crippen LogP contribution in [0.1, 0.15) is 46.0 Å². The van der Waals surface area contributed by atoms with Crippen LogP contribution < -0.4 is 0 Å². The minimum atomic E-state index is -1.79. The number of carbonyl (C=O) groups excluding carboxylic acids is 1. The molecule has 1 atom stereocenters. The van der Waals surface area contributed by atoms with E-state index in [1.807, 2.05) is 0 Å². The second-order valence-electron chi connectivity index (χ2n) is 3.45. The quantitative estimate of drug-likeness (QED) is 0.483. The Morgan fingerprint density at radius 3 is 2.47 bits per heavy atom. The highest BCUT2D eigenvalue weighted by molar-refractivity contribution is 5.66. The first-order valence-electron chi connectivity index (χ1n) is 5.26. The molecular formula is C11H18F2O2. The smallest absolute Gasteiger partial charge is 0.303 e. The first kappa shape index (κ1) is 14.1. The third kappa shape index (κ3) is 9.38. The lowest BCUT2D eigenvalue weighted by molar-refractivity contribution is -0.144. The standard InChI is InChI=1S/C11H18F2O2/c1-3-4-5-6-7-10(8-11(12)13)15-9(2)14/h8,10H,3-7H2,1-2H3. The Hall–Kier alpha value is -0.930. The van der Waals surface area contributed by atoms with Crippen molar-refractivity contribution in [3.8, 4) is 0 Å². The summed E-state index contributed by atoms with van der Waals surface area (Å²) in [5, 5.41) is 0. The van der Waals surface area contributed by atoms with Crippen LogP contribution in [0.4, 0.5) is 8.78 Å². The van der Waals surface area contributed by atoms with Gasteiger partial charge in [0.1, 0.15) is 6.10 Å². The number of esters is 1. The molecule has 0 aromatic rings. The molecule has 1 unspecified atom stereocenters. The second-order valence-corrected chi connectivity index (χ2v) is 3.45. The van der Waals surface area contributed by atoms with E-state index in [2.05, 4.69) is 6.92 Å². The molecule has 15 heavy (non-hydrogen) atoms. The molecule has 0 heterocycles. The maximum atomic E-state index is 12.0. The number of hydrogen-bond acceptors (Lipinski definition) is 2. The minimum Gasteiger partial charge on any atom is -0.458 e. The van der Waals surface area contributed by atoms with Crippen molar-refractivity contribution in [2.45, 2.75) is 52.1 Å². The van der Waals surface area contributed by atoms with E-state index in [0.29, 0.717) is 12.5 Å². The van der Waals surface area contributed by atoms with Gasteiger partial charge in [0.05, 0.1) is 0 Å². The van der Waals surface area contributed by atoms with Crippen molar-refractivity contribution in [3.05, 3.63) is 12.2 Å². The molecule has 4 heteroatoms. The number of ether oxygens (including phenoxy) is 1. The summed E-state index contributed by atoms with van der Waals surface area (Å²) in [6, 6.07) is 0. The van der Waals surface area contributed by atoms with Crippen LogP contribution in [-0.2, 0) is 9.53 Å². The van der Waals surface area contributed by atoms with Crippen LogP contribution >= 0.6 is 0 Å². The first-order chi connectivity index (χ1) is 7.06. The van der Waals surface area contributed by atoms with Crippen molar-refractivity contribution in [1.29, 1.82) is 0 Å². The molecule has 2 nitrogen and oxygen atoms in total. The van der Waals surface area contributed by atoms with Crippen LogP contribution in [0.25, 0.3) is 0 Å². The molecule has 88 valence electrons. The Morgan fingerprint density at radius 1 is 1.33 bits per heavy atom. The third-order valence-electron chi connectivity index (χ3n) is 1.97. The van der Waals surface area contributed by atoms with E-state index in [0.717, 1.165) is 25.7 Å². The Morgan fingerprint density at radius 2 is 2.00 bits per heavy atom. The highest BCUT2D eigenvalue weighted by atomic mass is 19.3. The normalized spacial score (nSPS) is 12.0. The van der Waals surface area contributed by atoms with Crippen LogP contribution in [0.15, 0.2) is 12.2 Å². The summed E-state index contributed by atoms with van der Waals surface area (Å²) in [7, 11) is 0. The zero-order chi connectivity index (χ0) is 11.7. The summed E-state index contributed by atoms with van der Waals surface area (Å²) in [5.74, 6) is -0.520. The number of halogens is 2. The zero-order valence-corrected chi connectivity index (χ0v) is 9.26. The number of rotatable bonds is 7. The van der Waals surface area contributed by atoms with E-state index in [-0.39, 0.29) is 0 Å². The van der Waals surface area contributed by atoms with Gasteiger partial charge in [-0.05, 0) is 12.8 Å². The van der Waals surface area contributed by atoms with Crippen molar-refractivity contribution in [1.82, 2.24) is 0 Å². The van der Waals surface area contributed by atoms with E-state index >= 15 is 0 Å². The molecule has 0 aromatic heterocycles. The average Bonchev–Trinajstić information content (AvgIpc) is 2.10. The molecule has 0 aliphatic heterocycles. The van der Waals surface area contributed by atoms with Gasteiger partial charge in [-0.15, -0.1) is 0 Å². The van der Waals surface area contributed by atoms with Crippen LogP contribution in [0.3, 0.4) is 0 Å². The second kappa shape index (κ2) is 8.38. The van der Waals surface area contributed by atoms with E-state index < -0.39 is 18.2 Å². The van der Waals surface area contributed by atoms with Gasteiger partial charge in [-0.1, -0.05) is 26.2 Å². The Bertz CT molecular complexity index is 211. The molecule has 0 saturated carbocycles. The van der Waals surface area contributed by atoms with Gasteiger partial charge in [0, 0.05) is 13.0 Å². The summed E-state index contributed by atoms with van der Waals surface area (Å²) in [5.41, 5.74) is 0. The highest BCUT2D eigenvalue weighted by Crippen LogP contribution is 2.12. The molecule has 0 N–H and O–H groups in total. The Kier molecular flexibility index (Phi) is 7.86. The summed E-state index contributed by atoms with van der Waals surface area (Å²) in [4.78, 5) is 10.6. The fraction of sp³-hybridized carbons (Fsp3) is 0.727. The molecule has 0 amide bonds. The van der Waals surface area contributed by atoms with Crippen LogP contribution in [0.5, 0.6) is 0 Å². The third-order valence-corrected chi connectivity index (χ3v) is 1.97. The van der Waals surface area contributed by atoms with Crippen LogP contribution in [0, 0.1) is 0 Å². The van der Waals surface area contributed by atoms with E-state index in [1.54, 1.807) is 0 Å². The van der Waals surface area contributed by atoms with Gasteiger partial charge in [-0.25, -0.2) is 0 Å². The minimum absolute atomic E-state index is 0.469. The van der Waals surface area contributed by atoms with Crippen molar-refractivity contribution in [2.75, 3.05) is 0 Å². The lowest BCUT2D eigenvalue weighted by atomic mass is 10.1. The van der Waals surface area contributed by atoms with Gasteiger partial charge in [0.15, 0.2) is 0 Å². The predicted molar refractivity (Wildman–Crippen MR) is 54.6 cm³/mol. The monoisotopic (exact) mass is 220 g/mol. The maximum Gasteiger partial charge on any atom is 0.303 e. The van der Waals surface area contributed by atoms with E-state index in [9.17, 15) is 13.6 Å². The summed E-state index contributed by atoms with van der Waals surface area (Å²) in [6.45, 7) is 3.30. The summed E-state index contributed by atoms with van der Waals surface area (Å²) in [6.07, 6.45) is 2.55. The van der Waals surface area contributed by atoms with Gasteiger partial charge < -0.3 is 4.74 Å². The summed E-state index contributed by atoms with van der Waals surface area (Å²) >= 11 is 0. The number of carbonyl (C=O) groups is 1. The molecular weight excluding hydrogens is 202 g/mol. The maximum absolute atomic E-state index is 12.0. The molecule has 0 fully saturated rings. The van der Waals surface area contributed by atoms with Crippen molar-refractivity contribution < 1.29 is 18.3 Å². The molecule has 0 aliphatic rings. The highest BCUT2D eigenvalue weighted by Gasteiger charge is 2.10. The molecule has 0 bridgehead atoms. The summed E-state index contributed by atoms with van der Waals surface area (Å²) < 4.78 is 28.7. The van der Waals surface area contributed by atoms with Gasteiger partial charge in [0.2, 0.25) is 0 Å². The molecule has 0 radical (unpaired) electrons. The zero-order valence-electron chi connectivity index (χ0n) is 9.26. The van der Waals surface area contributed by atoms with E-state index in [1.165, 1.54) is 6.92 Å². The molecule has 0 rings (SSSR count). The SMILES string of the molecule is CCCCCCC(C=C(F)F)OC(C)=O. The van der Waals surface area contributed by atoms with Crippen molar-refractivity contribution >= 4 is 5.97 Å². The number of hydrogen-bond donors (Lipinski definition) is 0. The van der Waals surface area contributed by atoms with Gasteiger partial charge in [-0.3, -0.25) is 4.79 Å². The average molecular weight is 220 g/mol. The lowest BCUT2D eigenvalue weighted by Gasteiger charge is -2.12. The first-order valence-corrected chi connectivity index (χ1v) is 5.26. The Labute approximate surface area is 89.3 Å². The number of unbranched alkanes of at least 4 members (excludes halogenated alkanes) is 3. The van der Waals surface area contributed by atoms with Gasteiger partial charge in [-0.2, -0.15) is 8.78 Å². The van der Waals surface area contributed by atoms with Gasteiger partial charge in [0.25, 0.3) is 6.08 Å². The molecule has 0 saturated heterocycles. The largest absolute Gasteiger partial charge is 0.458 e. The van der Waals surface area contributed by atoms with E-state index in [4.69, 9.17) is 4.74 Å². The fourth-order valence-electron chi connectivity index (χ4n) is 1.30. The molecule has 0 aliphatic carbocycles. The van der Waals surface area contributed by atoms with Crippen LogP contribution in [0.2, 0.25) is 0 Å². The predicted octanol–water partition coefficient (Wildman–Crippen LogP) is 3.67. The Balaban J connectivity index is 3.91. The van der Waals surface area contributed by atoms with Crippen LogP contribution in [-0.4, -0.2) is 12.1 Å². The molecule has 0 aromatic carbocycles.